The number of aromatic nitrogens is 2. The highest BCUT2D eigenvalue weighted by molar-refractivity contribution is 9.10. The lowest BCUT2D eigenvalue weighted by Gasteiger charge is -2.29. The number of carbonyl (C=O) groups excluding carboxylic acids is 1. The van der Waals surface area contributed by atoms with Gasteiger partial charge in [0.05, 0.1) is 11.8 Å². The molecule has 8 nitrogen and oxygen atoms in total. The number of likely N-dealkylation sites (tertiary alicyclic amines) is 1. The fourth-order valence-electron chi connectivity index (χ4n) is 5.62. The van der Waals surface area contributed by atoms with Crippen molar-refractivity contribution in [2.24, 2.45) is 0 Å². The fraction of sp³-hybridized carbons (Fsp3) is 0.333. The molecule has 2 fully saturated rings. The predicted molar refractivity (Wildman–Crippen MR) is 167 cm³/mol. The maximum Gasteiger partial charge on any atom is 0.250 e. The molecule has 6 rings (SSSR count). The normalized spacial score (nSPS) is 18.0. The monoisotopic (exact) mass is 647 g/mol. The third-order valence-corrected chi connectivity index (χ3v) is 8.62. The number of benzene rings is 3. The highest BCUT2D eigenvalue weighted by Gasteiger charge is 2.36. The molecule has 0 spiro atoms. The van der Waals surface area contributed by atoms with Crippen LogP contribution in [0.4, 0.5) is 10.1 Å². The number of rotatable bonds is 10. The molecule has 0 saturated carbocycles. The number of aliphatic hydroxyl groups is 1. The van der Waals surface area contributed by atoms with Gasteiger partial charge in [0.2, 0.25) is 0 Å². The van der Waals surface area contributed by atoms with E-state index in [1.165, 1.54) is 12.1 Å². The number of amides is 1. The molecule has 0 bridgehead atoms. The van der Waals surface area contributed by atoms with Gasteiger partial charge in [-0.3, -0.25) is 4.79 Å². The van der Waals surface area contributed by atoms with Gasteiger partial charge < -0.3 is 25.0 Å². The predicted octanol–water partition coefficient (Wildman–Crippen LogP) is 5.41. The van der Waals surface area contributed by atoms with Gasteiger partial charge in [-0.05, 0) is 85.5 Å². The third kappa shape index (κ3) is 7.15. The molecule has 2 aliphatic heterocycles. The Morgan fingerprint density at radius 1 is 0.977 bits per heavy atom. The van der Waals surface area contributed by atoms with Crippen LogP contribution in [0.3, 0.4) is 0 Å². The molecule has 224 valence electrons. The summed E-state index contributed by atoms with van der Waals surface area (Å²) in [7, 11) is 0. The average Bonchev–Trinajstić information content (AvgIpc) is 3.62. The number of nitrogens with zero attached hydrogens (tertiary/aromatic N) is 4. The minimum absolute atomic E-state index is 0.00414. The van der Waals surface area contributed by atoms with Gasteiger partial charge >= 0.3 is 0 Å². The summed E-state index contributed by atoms with van der Waals surface area (Å²) >= 11 is 3.48. The summed E-state index contributed by atoms with van der Waals surface area (Å²) in [5.74, 6) is -0.398. The Hall–Kier alpha value is -3.57. The Morgan fingerprint density at radius 2 is 1.70 bits per heavy atom. The molecule has 0 aliphatic carbocycles. The van der Waals surface area contributed by atoms with Gasteiger partial charge in [0.1, 0.15) is 18.1 Å². The average molecular weight is 649 g/mol. The van der Waals surface area contributed by atoms with Crippen molar-refractivity contribution in [2.75, 3.05) is 44.6 Å². The molecule has 2 aliphatic rings. The zero-order valence-electron chi connectivity index (χ0n) is 23.8. The summed E-state index contributed by atoms with van der Waals surface area (Å²) < 4.78 is 22.5. The molecule has 0 radical (unpaired) electrons. The summed E-state index contributed by atoms with van der Waals surface area (Å²) in [5.41, 5.74) is 5.18. The molecule has 43 heavy (non-hydrogen) atoms. The Morgan fingerprint density at radius 3 is 2.42 bits per heavy atom. The SMILES string of the molecule is O=C1COC(c2cn(-c3ccc(Br)cc3)nc2-c2ccc(F)cc2)N1CCc1ccc(NCCN2CCC(O)CC2)cc1. The van der Waals surface area contributed by atoms with Crippen molar-refractivity contribution < 1.29 is 19.0 Å². The first kappa shape index (κ1) is 29.5. The van der Waals surface area contributed by atoms with E-state index in [-0.39, 0.29) is 24.4 Å². The largest absolute Gasteiger partial charge is 0.393 e. The van der Waals surface area contributed by atoms with Crippen molar-refractivity contribution >= 4 is 27.5 Å². The Labute approximate surface area is 259 Å². The van der Waals surface area contributed by atoms with Crippen molar-refractivity contribution in [1.82, 2.24) is 19.6 Å². The van der Waals surface area contributed by atoms with Crippen molar-refractivity contribution in [2.45, 2.75) is 31.6 Å². The lowest BCUT2D eigenvalue weighted by molar-refractivity contribution is -0.128. The van der Waals surface area contributed by atoms with E-state index in [2.05, 4.69) is 50.4 Å². The molecule has 1 atom stereocenters. The van der Waals surface area contributed by atoms with Crippen molar-refractivity contribution in [3.8, 4) is 16.9 Å². The van der Waals surface area contributed by atoms with Crippen molar-refractivity contribution in [1.29, 1.82) is 0 Å². The highest BCUT2D eigenvalue weighted by Crippen LogP contribution is 2.35. The number of carbonyl (C=O) groups is 1. The van der Waals surface area contributed by atoms with Gasteiger partial charge in [0.25, 0.3) is 5.91 Å². The first-order chi connectivity index (χ1) is 20.9. The Balaban J connectivity index is 1.14. The van der Waals surface area contributed by atoms with Crippen LogP contribution < -0.4 is 5.32 Å². The van der Waals surface area contributed by atoms with Crippen LogP contribution in [0.2, 0.25) is 0 Å². The van der Waals surface area contributed by atoms with Crippen molar-refractivity contribution in [3.63, 3.8) is 0 Å². The zero-order valence-corrected chi connectivity index (χ0v) is 25.4. The van der Waals surface area contributed by atoms with Crippen LogP contribution in [-0.2, 0) is 16.0 Å². The minimum atomic E-state index is -0.603. The van der Waals surface area contributed by atoms with Gasteiger partial charge in [0, 0.05) is 60.2 Å². The number of ether oxygens (including phenoxy) is 1. The third-order valence-electron chi connectivity index (χ3n) is 8.10. The van der Waals surface area contributed by atoms with E-state index in [0.29, 0.717) is 18.7 Å². The molecule has 3 heterocycles. The Kier molecular flexibility index (Phi) is 9.18. The van der Waals surface area contributed by atoms with Gasteiger partial charge in [-0.25, -0.2) is 9.07 Å². The highest BCUT2D eigenvalue weighted by atomic mass is 79.9. The molecule has 4 aromatic rings. The second-order valence-corrected chi connectivity index (χ2v) is 12.0. The summed E-state index contributed by atoms with van der Waals surface area (Å²) in [6.45, 7) is 4.17. The molecule has 2 saturated heterocycles. The lowest BCUT2D eigenvalue weighted by Crippen LogP contribution is -2.38. The number of hydrogen-bond acceptors (Lipinski definition) is 6. The summed E-state index contributed by atoms with van der Waals surface area (Å²) in [6, 6.07) is 22.3. The number of anilines is 1. The molecule has 2 N–H and O–H groups in total. The molecular weight excluding hydrogens is 613 g/mol. The van der Waals surface area contributed by atoms with Crippen LogP contribution in [-0.4, -0.2) is 76.0 Å². The van der Waals surface area contributed by atoms with E-state index in [1.807, 2.05) is 30.5 Å². The van der Waals surface area contributed by atoms with E-state index in [0.717, 1.165) is 71.6 Å². The molecule has 3 aromatic carbocycles. The lowest BCUT2D eigenvalue weighted by atomic mass is 10.1. The Bertz CT molecular complexity index is 1520. The second kappa shape index (κ2) is 13.4. The first-order valence-electron chi connectivity index (χ1n) is 14.7. The number of hydrogen-bond donors (Lipinski definition) is 2. The number of halogens is 2. The minimum Gasteiger partial charge on any atom is -0.393 e. The summed E-state index contributed by atoms with van der Waals surface area (Å²) in [5, 5.41) is 18.0. The van der Waals surface area contributed by atoms with Crippen molar-refractivity contribution in [3.05, 3.63) is 100 Å². The van der Waals surface area contributed by atoms with Crippen LogP contribution >= 0.6 is 15.9 Å². The summed E-state index contributed by atoms with van der Waals surface area (Å²) in [6.07, 6.45) is 3.51. The van der Waals surface area contributed by atoms with Gasteiger partial charge in [0.15, 0.2) is 6.23 Å². The van der Waals surface area contributed by atoms with Crippen LogP contribution in [0.25, 0.3) is 16.9 Å². The van der Waals surface area contributed by atoms with Gasteiger partial charge in [-0.2, -0.15) is 5.10 Å². The second-order valence-electron chi connectivity index (χ2n) is 11.1. The number of nitrogens with one attached hydrogen (secondary N) is 1. The molecule has 1 amide bonds. The van der Waals surface area contributed by atoms with Crippen LogP contribution in [0, 0.1) is 5.82 Å². The van der Waals surface area contributed by atoms with E-state index in [9.17, 15) is 14.3 Å². The number of aliphatic hydroxyl groups excluding tert-OH is 1. The standard InChI is InChI=1S/C33H35BrFN5O3/c34-25-5-11-28(12-6-25)40-21-30(32(37-40)24-3-7-26(35)8-4-24)33-39(31(42)22-43-33)19-13-23-1-9-27(10-2-23)36-16-20-38-17-14-29(41)15-18-38/h1-12,21,29,33,36,41H,13-20,22H2. The van der Waals surface area contributed by atoms with E-state index in [4.69, 9.17) is 9.84 Å². The van der Waals surface area contributed by atoms with Crippen LogP contribution in [0.15, 0.2) is 83.5 Å². The zero-order chi connectivity index (χ0) is 29.8. The molecule has 1 aromatic heterocycles. The number of piperidine rings is 1. The smallest absolute Gasteiger partial charge is 0.250 e. The maximum absolute atomic E-state index is 13.7. The maximum atomic E-state index is 13.7. The van der Waals surface area contributed by atoms with Crippen LogP contribution in [0.1, 0.15) is 30.2 Å². The topological polar surface area (TPSA) is 82.9 Å². The first-order valence-corrected chi connectivity index (χ1v) is 15.5. The summed E-state index contributed by atoms with van der Waals surface area (Å²) in [4.78, 5) is 17.1. The van der Waals surface area contributed by atoms with Gasteiger partial charge in [-0.1, -0.05) is 28.1 Å². The van der Waals surface area contributed by atoms with Gasteiger partial charge in [-0.15, -0.1) is 0 Å². The quantitative estimate of drug-likeness (QED) is 0.240. The van der Waals surface area contributed by atoms with E-state index < -0.39 is 6.23 Å². The fourth-order valence-corrected chi connectivity index (χ4v) is 5.88. The van der Waals surface area contributed by atoms with E-state index >= 15 is 0 Å². The molecule has 1 unspecified atom stereocenters. The van der Waals surface area contributed by atoms with Crippen LogP contribution in [0.5, 0.6) is 0 Å². The molecular formula is C33H35BrFN5O3. The van der Waals surface area contributed by atoms with E-state index in [1.54, 1.807) is 21.7 Å². The molecule has 10 heteroatoms.